The van der Waals surface area contributed by atoms with Crippen LogP contribution in [0.15, 0.2) is 133 Å². The second kappa shape index (κ2) is 16.2. The average molecular weight is 663 g/mol. The molecule has 0 saturated carbocycles. The Morgan fingerprint density at radius 2 is 0.936 bits per heavy atom. The molecule has 0 saturated heterocycles. The molecule has 4 aromatic rings. The fourth-order valence-corrected chi connectivity index (χ4v) is 16.3. The lowest BCUT2D eigenvalue weighted by Crippen LogP contribution is -2.67. The van der Waals surface area contributed by atoms with Crippen LogP contribution in [0.4, 0.5) is 0 Å². The summed E-state index contributed by atoms with van der Waals surface area (Å²) in [5, 5.41) is 4.77. The first kappa shape index (κ1) is 36.5. The number of allylic oxidation sites excluding steroid dienone is 1. The highest BCUT2D eigenvalue weighted by Gasteiger charge is 2.52. The minimum Gasteiger partial charge on any atom is -0.405 e. The first-order valence-corrected chi connectivity index (χ1v) is 21.0. The molecule has 0 aromatic heterocycles. The third kappa shape index (κ3) is 8.39. The molecule has 0 fully saturated rings. The number of carbonyl (C=O) groups is 1. The maximum atomic E-state index is 12.5. The van der Waals surface area contributed by atoms with Crippen molar-refractivity contribution in [3.05, 3.63) is 133 Å². The molecule has 0 radical (unpaired) electrons. The van der Waals surface area contributed by atoms with Crippen LogP contribution < -0.4 is 20.7 Å². The molecular formula is C42H54O3Si2. The fourth-order valence-electron chi connectivity index (χ4n) is 6.97. The van der Waals surface area contributed by atoms with Crippen LogP contribution in [0.1, 0.15) is 74.1 Å². The number of rotatable bonds is 15. The predicted molar refractivity (Wildman–Crippen MR) is 204 cm³/mol. The van der Waals surface area contributed by atoms with E-state index in [2.05, 4.69) is 170 Å². The van der Waals surface area contributed by atoms with Gasteiger partial charge in [-0.15, -0.1) is 0 Å². The van der Waals surface area contributed by atoms with E-state index in [1.807, 2.05) is 12.1 Å². The van der Waals surface area contributed by atoms with E-state index in [-0.39, 0.29) is 16.2 Å². The van der Waals surface area contributed by atoms with Gasteiger partial charge in [-0.25, -0.2) is 0 Å². The van der Waals surface area contributed by atoms with Gasteiger partial charge in [0.25, 0.3) is 16.6 Å². The zero-order valence-corrected chi connectivity index (χ0v) is 31.5. The Kier molecular flexibility index (Phi) is 12.5. The summed E-state index contributed by atoms with van der Waals surface area (Å²) < 4.78 is 14.3. The van der Waals surface area contributed by atoms with Crippen molar-refractivity contribution in [1.29, 1.82) is 0 Å². The van der Waals surface area contributed by atoms with Gasteiger partial charge in [-0.1, -0.05) is 175 Å². The molecule has 5 heteroatoms. The highest BCUT2D eigenvalue weighted by molar-refractivity contribution is 7.00. The molecule has 0 spiro atoms. The normalized spacial score (nSPS) is 14.2. The number of hydrogen-bond acceptors (Lipinski definition) is 3. The number of carbonyl (C=O) groups excluding carboxylic acids is 1. The van der Waals surface area contributed by atoms with E-state index in [1.165, 1.54) is 20.7 Å². The number of hydrogen-bond donors (Lipinski definition) is 0. The number of aldehydes is 1. The van der Waals surface area contributed by atoms with Crippen molar-refractivity contribution >= 4 is 43.7 Å². The van der Waals surface area contributed by atoms with Gasteiger partial charge in [-0.05, 0) is 63.4 Å². The highest BCUT2D eigenvalue weighted by Crippen LogP contribution is 2.39. The average Bonchev–Trinajstić information content (AvgIpc) is 3.07. The molecule has 0 amide bonds. The summed E-state index contributed by atoms with van der Waals surface area (Å²) in [6, 6.07) is 42.7. The maximum Gasteiger partial charge on any atom is 0.262 e. The van der Waals surface area contributed by atoms with Crippen LogP contribution in [0, 0.1) is 0 Å². The molecule has 4 rings (SSSR count). The Morgan fingerprint density at radius 1 is 0.574 bits per heavy atom. The Hall–Kier alpha value is -3.36. The molecular weight excluding hydrogens is 609 g/mol. The lowest BCUT2D eigenvalue weighted by molar-refractivity contribution is -0.113. The van der Waals surface area contributed by atoms with Gasteiger partial charge in [0.15, 0.2) is 0 Å². The molecule has 0 bridgehead atoms. The number of unbranched alkanes of at least 4 members (excludes halogenated alkanes) is 1. The fraction of sp³-hybridized carbons (Fsp3) is 0.357. The molecule has 3 nitrogen and oxygen atoms in total. The Morgan fingerprint density at radius 3 is 1.28 bits per heavy atom. The van der Waals surface area contributed by atoms with Crippen molar-refractivity contribution in [2.75, 3.05) is 0 Å². The van der Waals surface area contributed by atoms with Crippen LogP contribution in [0.3, 0.4) is 0 Å². The van der Waals surface area contributed by atoms with E-state index in [0.717, 1.165) is 25.5 Å². The third-order valence-corrected chi connectivity index (χ3v) is 19.4. The van der Waals surface area contributed by atoms with E-state index in [0.29, 0.717) is 6.42 Å². The SMILES string of the molecule is C[C@H](CCC/C=C/C[C@@H](C=O)O[Si](c1ccccc1)(c1ccccc1)C(C)(C)C)O[Si](c1ccccc1)(c1ccccc1)C(C)(C)C. The third-order valence-electron chi connectivity index (χ3n) is 9.21. The first-order valence-electron chi connectivity index (χ1n) is 17.1. The van der Waals surface area contributed by atoms with Crippen LogP contribution >= 0.6 is 0 Å². The molecule has 0 unspecified atom stereocenters. The molecule has 0 heterocycles. The van der Waals surface area contributed by atoms with Gasteiger partial charge < -0.3 is 13.6 Å². The van der Waals surface area contributed by atoms with Crippen molar-refractivity contribution in [1.82, 2.24) is 0 Å². The number of benzene rings is 4. The summed E-state index contributed by atoms with van der Waals surface area (Å²) in [6.45, 7) is 15.9. The van der Waals surface area contributed by atoms with Crippen molar-refractivity contribution in [3.8, 4) is 0 Å². The molecule has 0 aliphatic carbocycles. The molecule has 0 aliphatic rings. The van der Waals surface area contributed by atoms with Crippen LogP contribution in [0.5, 0.6) is 0 Å². The zero-order chi connectivity index (χ0) is 34.0. The Balaban J connectivity index is 1.44. The first-order chi connectivity index (χ1) is 22.5. The van der Waals surface area contributed by atoms with Gasteiger partial charge in [0, 0.05) is 6.10 Å². The molecule has 0 aliphatic heterocycles. The largest absolute Gasteiger partial charge is 0.405 e. The van der Waals surface area contributed by atoms with E-state index >= 15 is 0 Å². The minimum absolute atomic E-state index is 0.0429. The van der Waals surface area contributed by atoms with E-state index < -0.39 is 22.7 Å². The van der Waals surface area contributed by atoms with E-state index in [4.69, 9.17) is 8.85 Å². The monoisotopic (exact) mass is 662 g/mol. The van der Waals surface area contributed by atoms with Crippen molar-refractivity contribution in [3.63, 3.8) is 0 Å². The lowest BCUT2D eigenvalue weighted by Gasteiger charge is -2.44. The standard InChI is InChI=1S/C42H54O3Si2/c1-35(44-46(41(2,3)4,37-26-16-10-17-27-37)38-28-18-11-19-29-38)24-14-8-9-15-25-36(34-43)45-47(42(5,6)7,39-30-20-12-21-31-39)40-32-22-13-23-33-40/h9-13,15-23,26-36H,8,14,24-25H2,1-7H3/b15-9+/t35-,36+/m1/s1. The topological polar surface area (TPSA) is 35.5 Å². The summed E-state index contributed by atoms with van der Waals surface area (Å²) in [5.41, 5.74) is 0. The highest BCUT2D eigenvalue weighted by atomic mass is 28.4. The molecule has 2 atom stereocenters. The summed E-state index contributed by atoms with van der Waals surface area (Å²) in [7, 11) is -5.37. The van der Waals surface area contributed by atoms with Gasteiger partial charge in [-0.2, -0.15) is 0 Å². The van der Waals surface area contributed by atoms with Crippen LogP contribution in [0.2, 0.25) is 10.1 Å². The van der Waals surface area contributed by atoms with Crippen LogP contribution in [0.25, 0.3) is 0 Å². The summed E-state index contributed by atoms with van der Waals surface area (Å²) in [4.78, 5) is 12.5. The van der Waals surface area contributed by atoms with Gasteiger partial charge in [0.2, 0.25) is 0 Å². The summed E-state index contributed by atoms with van der Waals surface area (Å²) >= 11 is 0. The zero-order valence-electron chi connectivity index (χ0n) is 29.5. The van der Waals surface area contributed by atoms with Crippen LogP contribution in [-0.4, -0.2) is 35.1 Å². The maximum absolute atomic E-state index is 12.5. The van der Waals surface area contributed by atoms with Crippen molar-refractivity contribution in [2.45, 2.75) is 96.4 Å². The van der Waals surface area contributed by atoms with Gasteiger partial charge in [-0.3, -0.25) is 0 Å². The van der Waals surface area contributed by atoms with Gasteiger partial charge >= 0.3 is 0 Å². The van der Waals surface area contributed by atoms with Gasteiger partial charge in [0.1, 0.15) is 12.4 Å². The molecule has 47 heavy (non-hydrogen) atoms. The molecule has 248 valence electrons. The second-order valence-electron chi connectivity index (χ2n) is 14.7. The molecule has 4 aromatic carbocycles. The second-order valence-corrected chi connectivity index (χ2v) is 23.2. The Labute approximate surface area is 286 Å². The lowest BCUT2D eigenvalue weighted by atomic mass is 10.1. The molecule has 0 N–H and O–H groups in total. The smallest absolute Gasteiger partial charge is 0.262 e. The van der Waals surface area contributed by atoms with Crippen LogP contribution in [-0.2, 0) is 13.6 Å². The summed E-state index contributed by atoms with van der Waals surface area (Å²) in [6.07, 6.45) is 8.38. The van der Waals surface area contributed by atoms with Crippen molar-refractivity contribution < 1.29 is 13.6 Å². The van der Waals surface area contributed by atoms with E-state index in [9.17, 15) is 4.79 Å². The summed E-state index contributed by atoms with van der Waals surface area (Å²) in [5.74, 6) is 0. The van der Waals surface area contributed by atoms with E-state index in [1.54, 1.807) is 0 Å². The minimum atomic E-state index is -2.80. The van der Waals surface area contributed by atoms with Gasteiger partial charge in [0.05, 0.1) is 0 Å². The van der Waals surface area contributed by atoms with Crippen molar-refractivity contribution in [2.24, 2.45) is 0 Å². The predicted octanol–water partition coefficient (Wildman–Crippen LogP) is 8.21. The Bertz CT molecular complexity index is 1450. The quantitative estimate of drug-likeness (QED) is 0.0557.